The lowest BCUT2D eigenvalue weighted by molar-refractivity contribution is -0.147. The van der Waals surface area contributed by atoms with Crippen molar-refractivity contribution in [2.24, 2.45) is 5.73 Å². The summed E-state index contributed by atoms with van der Waals surface area (Å²) in [6.45, 7) is 0. The third kappa shape index (κ3) is 3.46. The third-order valence-corrected chi connectivity index (χ3v) is 2.61. The van der Waals surface area contributed by atoms with Crippen molar-refractivity contribution in [1.29, 1.82) is 0 Å². The molecule has 0 saturated carbocycles. The highest BCUT2D eigenvalue weighted by Gasteiger charge is 2.36. The van der Waals surface area contributed by atoms with E-state index in [1.807, 2.05) is 0 Å². The van der Waals surface area contributed by atoms with Crippen LogP contribution in [0.5, 0.6) is 0 Å². The number of rotatable bonds is 2. The largest absolute Gasteiger partial charge is 0.403 e. The Labute approximate surface area is 92.4 Å². The van der Waals surface area contributed by atoms with E-state index in [9.17, 15) is 17.6 Å². The molecule has 0 aromatic heterocycles. The number of benzene rings is 1. The fraction of sp³-hybridized carbons (Fsp3) is 0.333. The molecule has 0 saturated heterocycles. The van der Waals surface area contributed by atoms with Crippen LogP contribution in [0.25, 0.3) is 0 Å². The van der Waals surface area contributed by atoms with Crippen LogP contribution >= 0.6 is 15.9 Å². The third-order valence-electron chi connectivity index (χ3n) is 1.88. The zero-order valence-electron chi connectivity index (χ0n) is 7.48. The smallest absolute Gasteiger partial charge is 0.320 e. The van der Waals surface area contributed by atoms with Gasteiger partial charge in [-0.3, -0.25) is 0 Å². The van der Waals surface area contributed by atoms with Gasteiger partial charge in [0.15, 0.2) is 0 Å². The molecule has 1 nitrogen and oxygen atoms in total. The van der Waals surface area contributed by atoms with Gasteiger partial charge in [0.2, 0.25) is 0 Å². The van der Waals surface area contributed by atoms with E-state index in [1.54, 1.807) is 0 Å². The molecule has 0 bridgehead atoms. The van der Waals surface area contributed by atoms with Gasteiger partial charge in [0.1, 0.15) is 11.9 Å². The second kappa shape index (κ2) is 4.49. The van der Waals surface area contributed by atoms with Crippen molar-refractivity contribution in [2.75, 3.05) is 0 Å². The molecule has 15 heavy (non-hydrogen) atoms. The van der Waals surface area contributed by atoms with Crippen LogP contribution in [0.1, 0.15) is 5.56 Å². The molecular formula is C9H8BrF4N. The van der Waals surface area contributed by atoms with Crippen molar-refractivity contribution < 1.29 is 17.6 Å². The molecule has 0 aliphatic carbocycles. The Bertz CT molecular complexity index is 350. The highest BCUT2D eigenvalue weighted by molar-refractivity contribution is 9.10. The van der Waals surface area contributed by atoms with Gasteiger partial charge in [0.05, 0.1) is 0 Å². The molecule has 1 aromatic carbocycles. The van der Waals surface area contributed by atoms with E-state index in [4.69, 9.17) is 5.73 Å². The molecule has 1 unspecified atom stereocenters. The SMILES string of the molecule is NC(Cc1ccc(F)cc1Br)C(F)(F)F. The average Bonchev–Trinajstić information content (AvgIpc) is 2.08. The predicted molar refractivity (Wildman–Crippen MR) is 51.8 cm³/mol. The van der Waals surface area contributed by atoms with Gasteiger partial charge in [0.25, 0.3) is 0 Å². The molecule has 0 heterocycles. The highest BCUT2D eigenvalue weighted by Crippen LogP contribution is 2.25. The molecule has 0 fully saturated rings. The van der Waals surface area contributed by atoms with Crippen LogP contribution in [0.4, 0.5) is 17.6 Å². The molecule has 6 heteroatoms. The van der Waals surface area contributed by atoms with Crippen LogP contribution in [0.15, 0.2) is 22.7 Å². The van der Waals surface area contributed by atoms with Crippen LogP contribution in [0.2, 0.25) is 0 Å². The zero-order valence-corrected chi connectivity index (χ0v) is 9.07. The maximum Gasteiger partial charge on any atom is 0.403 e. The molecule has 84 valence electrons. The normalized spacial score (nSPS) is 14.0. The summed E-state index contributed by atoms with van der Waals surface area (Å²) in [6, 6.07) is 1.56. The van der Waals surface area contributed by atoms with Crippen LogP contribution in [-0.4, -0.2) is 12.2 Å². The molecule has 2 N–H and O–H groups in total. The van der Waals surface area contributed by atoms with Crippen molar-refractivity contribution in [2.45, 2.75) is 18.6 Å². The Morgan fingerprint density at radius 2 is 1.93 bits per heavy atom. The summed E-state index contributed by atoms with van der Waals surface area (Å²) in [7, 11) is 0. The fourth-order valence-electron chi connectivity index (χ4n) is 1.04. The van der Waals surface area contributed by atoms with E-state index in [-0.39, 0.29) is 6.42 Å². The van der Waals surface area contributed by atoms with Gasteiger partial charge in [-0.25, -0.2) is 4.39 Å². The molecule has 1 rings (SSSR count). The van der Waals surface area contributed by atoms with Crippen molar-refractivity contribution >= 4 is 15.9 Å². The first kappa shape index (κ1) is 12.4. The summed E-state index contributed by atoms with van der Waals surface area (Å²) in [6.07, 6.45) is -4.81. The summed E-state index contributed by atoms with van der Waals surface area (Å²) in [5.74, 6) is -0.508. The second-order valence-corrected chi connectivity index (χ2v) is 3.94. The monoisotopic (exact) mass is 285 g/mol. The van der Waals surface area contributed by atoms with Gasteiger partial charge < -0.3 is 5.73 Å². The lowest BCUT2D eigenvalue weighted by atomic mass is 10.1. The van der Waals surface area contributed by atoms with Gasteiger partial charge in [-0.2, -0.15) is 13.2 Å². The maximum atomic E-state index is 12.6. The van der Waals surface area contributed by atoms with E-state index in [2.05, 4.69) is 15.9 Å². The summed E-state index contributed by atoms with van der Waals surface area (Å²) in [5.41, 5.74) is 5.28. The molecule has 0 aliphatic rings. The van der Waals surface area contributed by atoms with Crippen molar-refractivity contribution in [3.63, 3.8) is 0 Å². The summed E-state index contributed by atoms with van der Waals surface area (Å²) in [5, 5.41) is 0. The quantitative estimate of drug-likeness (QED) is 0.831. The topological polar surface area (TPSA) is 26.0 Å². The molecule has 0 amide bonds. The Morgan fingerprint density at radius 3 is 2.40 bits per heavy atom. The van der Waals surface area contributed by atoms with E-state index in [1.165, 1.54) is 6.07 Å². The fourth-order valence-corrected chi connectivity index (χ4v) is 1.55. The van der Waals surface area contributed by atoms with Gasteiger partial charge in [0, 0.05) is 4.47 Å². The van der Waals surface area contributed by atoms with E-state index in [0.717, 1.165) is 12.1 Å². The number of alkyl halides is 3. The predicted octanol–water partition coefficient (Wildman–Crippen LogP) is 3.02. The number of halogens is 5. The Morgan fingerprint density at radius 1 is 1.33 bits per heavy atom. The minimum absolute atomic E-state index is 0.294. The lowest BCUT2D eigenvalue weighted by Crippen LogP contribution is -2.39. The zero-order chi connectivity index (χ0) is 11.6. The molecule has 0 spiro atoms. The molecule has 1 atom stereocenters. The van der Waals surface area contributed by atoms with E-state index >= 15 is 0 Å². The molecule has 0 radical (unpaired) electrons. The number of hydrogen-bond donors (Lipinski definition) is 1. The van der Waals surface area contributed by atoms with Crippen LogP contribution < -0.4 is 5.73 Å². The van der Waals surface area contributed by atoms with Crippen LogP contribution in [-0.2, 0) is 6.42 Å². The highest BCUT2D eigenvalue weighted by atomic mass is 79.9. The summed E-state index contributed by atoms with van der Waals surface area (Å²) >= 11 is 2.98. The average molecular weight is 286 g/mol. The lowest BCUT2D eigenvalue weighted by Gasteiger charge is -2.16. The first-order valence-electron chi connectivity index (χ1n) is 4.07. The molecule has 1 aromatic rings. The van der Waals surface area contributed by atoms with Crippen LogP contribution in [0.3, 0.4) is 0 Å². The molecular weight excluding hydrogens is 278 g/mol. The Kier molecular flexibility index (Phi) is 3.72. The number of nitrogens with two attached hydrogens (primary N) is 1. The minimum Gasteiger partial charge on any atom is -0.320 e. The van der Waals surface area contributed by atoms with Crippen molar-refractivity contribution in [3.05, 3.63) is 34.1 Å². The minimum atomic E-state index is -4.44. The van der Waals surface area contributed by atoms with Crippen LogP contribution in [0, 0.1) is 5.82 Å². The standard InChI is InChI=1S/C9H8BrF4N/c10-7-4-6(11)2-1-5(7)3-8(15)9(12,13)14/h1-2,4,8H,3,15H2. The van der Waals surface area contributed by atoms with Crippen molar-refractivity contribution in [3.8, 4) is 0 Å². The second-order valence-electron chi connectivity index (χ2n) is 3.09. The van der Waals surface area contributed by atoms with Crippen molar-refractivity contribution in [1.82, 2.24) is 0 Å². The summed E-state index contributed by atoms with van der Waals surface area (Å²) < 4.78 is 49.3. The summed E-state index contributed by atoms with van der Waals surface area (Å²) in [4.78, 5) is 0. The van der Waals surface area contributed by atoms with E-state index < -0.39 is 18.0 Å². The number of hydrogen-bond acceptors (Lipinski definition) is 1. The van der Waals surface area contributed by atoms with Gasteiger partial charge in [-0.1, -0.05) is 22.0 Å². The Hall–Kier alpha value is -0.620. The first-order valence-corrected chi connectivity index (χ1v) is 4.86. The van der Waals surface area contributed by atoms with Gasteiger partial charge in [-0.15, -0.1) is 0 Å². The Balaban J connectivity index is 2.82. The van der Waals surface area contributed by atoms with Gasteiger partial charge >= 0.3 is 6.18 Å². The maximum absolute atomic E-state index is 12.6. The molecule has 0 aliphatic heterocycles. The first-order chi connectivity index (χ1) is 6.80. The van der Waals surface area contributed by atoms with Gasteiger partial charge in [-0.05, 0) is 24.1 Å². The van der Waals surface area contributed by atoms with E-state index in [0.29, 0.717) is 10.0 Å².